The van der Waals surface area contributed by atoms with Crippen molar-refractivity contribution >= 4 is 6.09 Å². The molecule has 1 aromatic rings. The third kappa shape index (κ3) is 2.98. The molecule has 1 aliphatic heterocycles. The van der Waals surface area contributed by atoms with Gasteiger partial charge < -0.3 is 19.9 Å². The van der Waals surface area contributed by atoms with Crippen LogP contribution in [0.25, 0.3) is 0 Å². The molecule has 1 atom stereocenters. The highest BCUT2D eigenvalue weighted by Crippen LogP contribution is 2.41. The number of benzene rings is 1. The van der Waals surface area contributed by atoms with Gasteiger partial charge in [0.05, 0.1) is 13.7 Å². The molecule has 1 amide bonds. The second-order valence-corrected chi connectivity index (χ2v) is 6.04. The number of methoxy groups -OCH3 is 1. The summed E-state index contributed by atoms with van der Waals surface area (Å²) in [7, 11) is 1.65. The van der Waals surface area contributed by atoms with Gasteiger partial charge in [0, 0.05) is 17.5 Å². The van der Waals surface area contributed by atoms with E-state index in [0.29, 0.717) is 6.42 Å². The van der Waals surface area contributed by atoms with Crippen molar-refractivity contribution in [1.82, 2.24) is 5.32 Å². The van der Waals surface area contributed by atoms with Gasteiger partial charge in [0.2, 0.25) is 0 Å². The molecule has 0 fully saturated rings. The minimum atomic E-state index is -1.03. The quantitative estimate of drug-likeness (QED) is 0.892. The minimum Gasteiger partial charge on any atom is -0.497 e. The predicted molar refractivity (Wildman–Crippen MR) is 75.8 cm³/mol. The second kappa shape index (κ2) is 5.23. The number of ether oxygens (including phenoxy) is 2. The van der Waals surface area contributed by atoms with Crippen LogP contribution in [-0.4, -0.2) is 31.0 Å². The van der Waals surface area contributed by atoms with Gasteiger partial charge >= 0.3 is 6.09 Å². The summed E-state index contributed by atoms with van der Waals surface area (Å²) >= 11 is 0. The molecule has 20 heavy (non-hydrogen) atoms. The summed E-state index contributed by atoms with van der Waals surface area (Å²) in [6, 6.07) is 3.96. The number of fused-ring (bicyclic) bond motifs is 1. The Kier molecular flexibility index (Phi) is 3.79. The van der Waals surface area contributed by atoms with E-state index in [9.17, 15) is 4.79 Å². The zero-order chi connectivity index (χ0) is 14.9. The number of carbonyl (C=O) groups is 1. The average Bonchev–Trinajstić information content (AvgIpc) is 2.76. The summed E-state index contributed by atoms with van der Waals surface area (Å²) in [5.41, 5.74) is 2.10. The first-order valence-corrected chi connectivity index (χ1v) is 6.66. The monoisotopic (exact) mass is 279 g/mol. The lowest BCUT2D eigenvalue weighted by Crippen LogP contribution is -2.33. The van der Waals surface area contributed by atoms with E-state index in [4.69, 9.17) is 14.6 Å². The molecule has 1 aromatic carbocycles. The lowest BCUT2D eigenvalue weighted by molar-refractivity contribution is 0.180. The van der Waals surface area contributed by atoms with E-state index in [1.165, 1.54) is 0 Å². The van der Waals surface area contributed by atoms with Crippen LogP contribution < -0.4 is 14.8 Å². The van der Waals surface area contributed by atoms with Gasteiger partial charge in [0.15, 0.2) is 0 Å². The van der Waals surface area contributed by atoms with E-state index in [0.717, 1.165) is 22.6 Å². The molecule has 0 saturated carbocycles. The maximum absolute atomic E-state index is 10.6. The van der Waals surface area contributed by atoms with Crippen LogP contribution in [0.5, 0.6) is 11.5 Å². The van der Waals surface area contributed by atoms with Crippen LogP contribution in [-0.2, 0) is 11.8 Å². The molecular weight excluding hydrogens is 258 g/mol. The molecule has 1 aliphatic rings. The van der Waals surface area contributed by atoms with Gasteiger partial charge in [-0.3, -0.25) is 0 Å². The summed E-state index contributed by atoms with van der Waals surface area (Å²) < 4.78 is 11.3. The number of nitrogens with one attached hydrogen (secondary N) is 1. The molecule has 5 heteroatoms. The molecule has 1 unspecified atom stereocenters. The highest BCUT2D eigenvalue weighted by Gasteiger charge is 2.30. The topological polar surface area (TPSA) is 67.8 Å². The van der Waals surface area contributed by atoms with Crippen molar-refractivity contribution in [3.8, 4) is 11.5 Å². The van der Waals surface area contributed by atoms with Crippen molar-refractivity contribution in [2.45, 2.75) is 38.7 Å². The zero-order valence-electron chi connectivity index (χ0n) is 12.3. The Hall–Kier alpha value is -1.91. The third-order valence-corrected chi connectivity index (χ3v) is 3.40. The number of rotatable bonds is 3. The van der Waals surface area contributed by atoms with Gasteiger partial charge in [0.1, 0.15) is 17.6 Å². The highest BCUT2D eigenvalue weighted by atomic mass is 16.5. The van der Waals surface area contributed by atoms with E-state index in [1.807, 2.05) is 12.1 Å². The van der Waals surface area contributed by atoms with Crippen molar-refractivity contribution in [3.05, 3.63) is 23.3 Å². The zero-order valence-corrected chi connectivity index (χ0v) is 12.3. The fourth-order valence-electron chi connectivity index (χ4n) is 2.39. The Morgan fingerprint density at radius 3 is 2.75 bits per heavy atom. The number of amides is 1. The maximum atomic E-state index is 10.6. The molecule has 0 bridgehead atoms. The van der Waals surface area contributed by atoms with Gasteiger partial charge in [-0.1, -0.05) is 20.8 Å². The van der Waals surface area contributed by atoms with E-state index in [2.05, 4.69) is 26.1 Å². The summed E-state index contributed by atoms with van der Waals surface area (Å²) in [5, 5.41) is 11.0. The average molecular weight is 279 g/mol. The Morgan fingerprint density at radius 2 is 2.20 bits per heavy atom. The molecule has 0 aromatic heterocycles. The third-order valence-electron chi connectivity index (χ3n) is 3.40. The fraction of sp³-hybridized carbons (Fsp3) is 0.533. The predicted octanol–water partition coefficient (Wildman–Crippen LogP) is 2.56. The lowest BCUT2D eigenvalue weighted by Gasteiger charge is -2.23. The first-order chi connectivity index (χ1) is 9.31. The maximum Gasteiger partial charge on any atom is 0.404 e. The van der Waals surface area contributed by atoms with Crippen LogP contribution in [0.15, 0.2) is 12.1 Å². The molecule has 0 aliphatic carbocycles. The van der Waals surface area contributed by atoms with Crippen LogP contribution in [0.3, 0.4) is 0 Å². The Morgan fingerprint density at radius 1 is 1.50 bits per heavy atom. The molecule has 2 N–H and O–H groups in total. The molecule has 5 nitrogen and oxygen atoms in total. The SMILES string of the molecule is COc1cc2c(c(C(C)(C)C)c1)OC(CNC(=O)O)C2. The van der Waals surface area contributed by atoms with Crippen molar-refractivity contribution < 1.29 is 19.4 Å². The van der Waals surface area contributed by atoms with Crippen molar-refractivity contribution in [3.63, 3.8) is 0 Å². The molecule has 0 radical (unpaired) electrons. The highest BCUT2D eigenvalue weighted by molar-refractivity contribution is 5.64. The fourth-order valence-corrected chi connectivity index (χ4v) is 2.39. The molecule has 110 valence electrons. The second-order valence-electron chi connectivity index (χ2n) is 6.04. The van der Waals surface area contributed by atoms with E-state index < -0.39 is 6.09 Å². The number of carboxylic acid groups (broad SMARTS) is 1. The van der Waals surface area contributed by atoms with Gasteiger partial charge in [-0.25, -0.2) is 4.79 Å². The normalized spacial score (nSPS) is 17.3. The smallest absolute Gasteiger partial charge is 0.404 e. The molecule has 1 heterocycles. The van der Waals surface area contributed by atoms with E-state index in [1.54, 1.807) is 7.11 Å². The minimum absolute atomic E-state index is 0.0618. The van der Waals surface area contributed by atoms with Crippen LogP contribution in [0.1, 0.15) is 31.9 Å². The number of hydrogen-bond acceptors (Lipinski definition) is 3. The standard InChI is InChI=1S/C15H21NO4/c1-15(2,3)12-7-10(19-4)5-9-6-11(20-13(9)12)8-16-14(17)18/h5,7,11,16H,6,8H2,1-4H3,(H,17,18). The van der Waals surface area contributed by atoms with Crippen LogP contribution in [0.2, 0.25) is 0 Å². The van der Waals surface area contributed by atoms with Crippen molar-refractivity contribution in [1.29, 1.82) is 0 Å². The van der Waals surface area contributed by atoms with Gasteiger partial charge in [0.25, 0.3) is 0 Å². The Bertz CT molecular complexity index is 519. The largest absolute Gasteiger partial charge is 0.497 e. The molecule has 0 spiro atoms. The van der Waals surface area contributed by atoms with Crippen molar-refractivity contribution in [2.24, 2.45) is 0 Å². The van der Waals surface area contributed by atoms with E-state index >= 15 is 0 Å². The van der Waals surface area contributed by atoms with Gasteiger partial charge in [-0.2, -0.15) is 0 Å². The first kappa shape index (κ1) is 14.5. The summed E-state index contributed by atoms with van der Waals surface area (Å²) in [4.78, 5) is 10.6. The van der Waals surface area contributed by atoms with Crippen LogP contribution >= 0.6 is 0 Å². The molecule has 0 saturated heterocycles. The van der Waals surface area contributed by atoms with Crippen molar-refractivity contribution in [2.75, 3.05) is 13.7 Å². The lowest BCUT2D eigenvalue weighted by atomic mass is 9.85. The summed E-state index contributed by atoms with van der Waals surface area (Å²) in [5.74, 6) is 1.68. The van der Waals surface area contributed by atoms with E-state index in [-0.39, 0.29) is 18.1 Å². The Labute approximate surface area is 118 Å². The molecule has 2 rings (SSSR count). The molecular formula is C15H21NO4. The first-order valence-electron chi connectivity index (χ1n) is 6.66. The van der Waals surface area contributed by atoms with Gasteiger partial charge in [-0.15, -0.1) is 0 Å². The number of hydrogen-bond donors (Lipinski definition) is 2. The summed E-state index contributed by atoms with van der Waals surface area (Å²) in [6.07, 6.45) is -0.497. The van der Waals surface area contributed by atoms with Gasteiger partial charge in [-0.05, 0) is 17.5 Å². The Balaban J connectivity index is 2.28. The van der Waals surface area contributed by atoms with Crippen LogP contribution in [0.4, 0.5) is 4.79 Å². The van der Waals surface area contributed by atoms with Crippen LogP contribution in [0, 0.1) is 0 Å². The summed E-state index contributed by atoms with van der Waals surface area (Å²) in [6.45, 7) is 6.65.